The molecular weight excluding hydrogens is 1260 g/mol. The normalized spacial score (nSPS) is 10.6. The van der Waals surface area contributed by atoms with Gasteiger partial charge in [0.2, 0.25) is 0 Å². The van der Waals surface area contributed by atoms with Crippen LogP contribution in [0, 0.1) is 0 Å². The number of aliphatic hydroxyl groups is 2. The molecule has 0 fully saturated rings. The molecule has 0 saturated carbocycles. The molecule has 0 aromatic carbocycles. The van der Waals surface area contributed by atoms with Gasteiger partial charge in [0.05, 0.1) is 32.8 Å². The average Bonchev–Trinajstić information content (AvgIpc) is 3.89. The molecular formula is C68H78N2O26. The number of aryl methyl sites for hydroxylation is 1. The quantitative estimate of drug-likeness (QED) is 0.0155. The van der Waals surface area contributed by atoms with Gasteiger partial charge in [-0.1, -0.05) is 7.43 Å². The minimum Gasteiger partial charge on any atom is -0.481 e. The van der Waals surface area contributed by atoms with Gasteiger partial charge in [-0.2, -0.15) is 0 Å². The van der Waals surface area contributed by atoms with Crippen LogP contribution in [0.3, 0.4) is 0 Å². The Hall–Kier alpha value is -9.98. The molecule has 0 atom stereocenters. The molecule has 10 aromatic rings. The number of aldehydes is 4. The zero-order valence-corrected chi connectivity index (χ0v) is 51.6. The van der Waals surface area contributed by atoms with Crippen molar-refractivity contribution in [3.05, 3.63) is 237 Å². The summed E-state index contributed by atoms with van der Waals surface area (Å²) in [6.45, 7) is 4.71. The number of carboxylic acid groups (broad SMARTS) is 2. The summed E-state index contributed by atoms with van der Waals surface area (Å²) in [5, 5.41) is 34.8. The van der Waals surface area contributed by atoms with Gasteiger partial charge in [0.1, 0.15) is 171 Å². The van der Waals surface area contributed by atoms with E-state index in [1.165, 1.54) is 0 Å². The summed E-state index contributed by atoms with van der Waals surface area (Å²) in [7, 11) is 0. The smallest absolute Gasteiger partial charge is 0.311 e. The summed E-state index contributed by atoms with van der Waals surface area (Å²) in [6.07, 6.45) is 4.01. The Morgan fingerprint density at radius 1 is 0.333 bits per heavy atom. The predicted molar refractivity (Wildman–Crippen MR) is 333 cm³/mol. The van der Waals surface area contributed by atoms with Crippen molar-refractivity contribution in [3.8, 4) is 0 Å². The first-order valence-electron chi connectivity index (χ1n) is 29.4. The second kappa shape index (κ2) is 43.8. The van der Waals surface area contributed by atoms with E-state index in [-0.39, 0.29) is 96.2 Å². The van der Waals surface area contributed by atoms with Crippen LogP contribution in [0.2, 0.25) is 0 Å². The van der Waals surface area contributed by atoms with Gasteiger partial charge in [0.15, 0.2) is 48.2 Å². The summed E-state index contributed by atoms with van der Waals surface area (Å²) in [6, 6.07) is 34.4. The molecule has 10 heterocycles. The van der Waals surface area contributed by atoms with Crippen LogP contribution in [-0.4, -0.2) is 83.9 Å². The molecule has 0 aliphatic carbocycles. The third-order valence-electron chi connectivity index (χ3n) is 12.3. The number of carbonyl (C=O) groups is 6. The first-order chi connectivity index (χ1) is 46.3. The van der Waals surface area contributed by atoms with Crippen LogP contribution in [0.5, 0.6) is 0 Å². The van der Waals surface area contributed by atoms with E-state index in [0.717, 1.165) is 35.2 Å². The topological polar surface area (TPSA) is 422 Å². The number of furan rings is 10. The number of ether oxygens (including phenoxy) is 6. The molecule has 96 heavy (non-hydrogen) atoms. The van der Waals surface area contributed by atoms with Crippen LogP contribution >= 0.6 is 0 Å². The minimum absolute atomic E-state index is 0. The van der Waals surface area contributed by atoms with Crippen molar-refractivity contribution < 1.29 is 122 Å². The molecule has 0 unspecified atom stereocenters. The van der Waals surface area contributed by atoms with Crippen molar-refractivity contribution in [2.24, 2.45) is 11.5 Å². The predicted octanol–water partition coefficient (Wildman–Crippen LogP) is 10.5. The molecule has 8 N–H and O–H groups in total. The van der Waals surface area contributed by atoms with E-state index in [2.05, 4.69) is 0 Å². The first kappa shape index (κ1) is 76.7. The Bertz CT molecular complexity index is 3590. The molecule has 0 aliphatic rings. The number of hydrogen-bond donors (Lipinski definition) is 6. The van der Waals surface area contributed by atoms with Crippen molar-refractivity contribution in [1.82, 2.24) is 0 Å². The van der Waals surface area contributed by atoms with Crippen LogP contribution in [-0.2, 0) is 143 Å². The number of aliphatic carboxylic acids is 2. The number of carboxylic acids is 2. The highest BCUT2D eigenvalue weighted by Crippen LogP contribution is 2.18. The van der Waals surface area contributed by atoms with Crippen molar-refractivity contribution in [1.29, 1.82) is 0 Å². The van der Waals surface area contributed by atoms with Crippen molar-refractivity contribution >= 4 is 37.1 Å². The van der Waals surface area contributed by atoms with Crippen LogP contribution in [0.15, 0.2) is 165 Å². The summed E-state index contributed by atoms with van der Waals surface area (Å²) in [4.78, 5) is 62.6. The van der Waals surface area contributed by atoms with E-state index in [1.54, 1.807) is 84.9 Å². The number of nitrogens with two attached hydrogens (primary N) is 2. The lowest BCUT2D eigenvalue weighted by Gasteiger charge is -2.03. The van der Waals surface area contributed by atoms with E-state index < -0.39 is 11.9 Å². The van der Waals surface area contributed by atoms with Gasteiger partial charge in [-0.25, -0.2) is 0 Å². The fourth-order valence-electron chi connectivity index (χ4n) is 7.94. The summed E-state index contributed by atoms with van der Waals surface area (Å²) >= 11 is 0. The summed E-state index contributed by atoms with van der Waals surface area (Å²) < 4.78 is 85.2. The van der Waals surface area contributed by atoms with E-state index >= 15 is 0 Å². The van der Waals surface area contributed by atoms with Crippen LogP contribution in [0.25, 0.3) is 0 Å². The average molecular weight is 1340 g/mol. The van der Waals surface area contributed by atoms with Crippen molar-refractivity contribution in [3.63, 3.8) is 0 Å². The monoisotopic (exact) mass is 1340 g/mol. The number of rotatable bonds is 38. The molecule has 0 amide bonds. The Morgan fingerprint density at radius 2 is 0.604 bits per heavy atom. The van der Waals surface area contributed by atoms with Crippen molar-refractivity contribution in [2.75, 3.05) is 26.4 Å². The Labute approximate surface area is 550 Å². The van der Waals surface area contributed by atoms with E-state index in [4.69, 9.17) is 104 Å². The van der Waals surface area contributed by atoms with E-state index in [1.807, 2.05) is 36.4 Å². The van der Waals surface area contributed by atoms with Gasteiger partial charge >= 0.3 is 11.9 Å². The third-order valence-corrected chi connectivity index (χ3v) is 12.3. The molecule has 28 heteroatoms. The molecule has 28 nitrogen and oxygen atoms in total. The Kier molecular flexibility index (Phi) is 35.0. The summed E-state index contributed by atoms with van der Waals surface area (Å²) in [5.41, 5.74) is 10.9. The lowest BCUT2D eigenvalue weighted by molar-refractivity contribution is -0.137. The van der Waals surface area contributed by atoms with E-state index in [9.17, 15) is 28.8 Å². The highest BCUT2D eigenvalue weighted by atomic mass is 16.5. The molecule has 0 bridgehead atoms. The molecule has 0 aliphatic heterocycles. The molecule has 10 aromatic heterocycles. The third kappa shape index (κ3) is 29.5. The van der Waals surface area contributed by atoms with Crippen LogP contribution in [0.4, 0.5) is 0 Å². The Balaban J connectivity index is 0.000000217. The van der Waals surface area contributed by atoms with Crippen molar-refractivity contribution in [2.45, 2.75) is 119 Å². The van der Waals surface area contributed by atoms with Gasteiger partial charge in [-0.05, 0) is 128 Å². The zero-order valence-electron chi connectivity index (χ0n) is 51.6. The van der Waals surface area contributed by atoms with Gasteiger partial charge in [-0.15, -0.1) is 0 Å². The lowest BCUT2D eigenvalue weighted by Crippen LogP contribution is -2.03. The lowest BCUT2D eigenvalue weighted by atomic mass is 10.2. The molecule has 0 spiro atoms. The molecule has 0 radical (unpaired) electrons. The van der Waals surface area contributed by atoms with Crippen LogP contribution in [0.1, 0.15) is 148 Å². The maximum atomic E-state index is 10.5. The van der Waals surface area contributed by atoms with Gasteiger partial charge < -0.3 is 104 Å². The second-order valence-electron chi connectivity index (χ2n) is 19.8. The molecule has 10 rings (SSSR count). The largest absolute Gasteiger partial charge is 0.481 e. The summed E-state index contributed by atoms with van der Waals surface area (Å²) in [5.74, 6) is 9.56. The maximum Gasteiger partial charge on any atom is 0.311 e. The first-order valence-corrected chi connectivity index (χ1v) is 29.4. The fraction of sp³-hybridized carbons (Fsp3) is 0.324. The number of aliphatic hydroxyl groups excluding tert-OH is 2. The zero-order chi connectivity index (χ0) is 67.8. The maximum absolute atomic E-state index is 10.5. The fourth-order valence-corrected chi connectivity index (χ4v) is 7.94. The molecule has 516 valence electrons. The Morgan fingerprint density at radius 3 is 0.896 bits per heavy atom. The standard InChI is InChI=1S/C15H16O7.C14H14O6.C13H18N2O3.C13H16O5.C12H10O5.CH4/c16-14(17)6-5-10-1-3-12(21-10)8-20-9-13-4-2-11(22-13)7-15(18)19;15-7-11-1-3-13(19-11)9-17-5-6-18-10-14-4-2-12(8-16)20-14;2*14-6-5-10-1-3-12(17-10)8-16-9-13-4-2-11(7-15)18-13;13-5-9-1-3-11(16-9)7-15-8-12-4-2-10(6-14)17-12;/h1-4H,5-9H2,(H,16,17)(H,18,19);1-4,7-8H,5-6,9-10H2;1-4H,5-9,14-15H2;1-4,14-15H,5-9H2;1-6H,7-8H2;1H4. The SMILES string of the molecule is C.NCCc1ccc(COCc2ccc(CN)o2)o1.O=C(O)CCc1ccc(COCc2ccc(CC(=O)O)o2)o1.O=Cc1ccc(COCCOCc2ccc(C=O)o2)o1.O=Cc1ccc(COCc2ccc(C=O)o2)o1.OCCc1ccc(COCc2ccc(CO)o2)o1. The number of hydrogen-bond acceptors (Lipinski definition) is 26. The highest BCUT2D eigenvalue weighted by Gasteiger charge is 2.12. The van der Waals surface area contributed by atoms with E-state index in [0.29, 0.717) is 154 Å². The minimum atomic E-state index is -0.953. The van der Waals surface area contributed by atoms with Gasteiger partial charge in [0.25, 0.3) is 0 Å². The second-order valence-corrected chi connectivity index (χ2v) is 19.8. The highest BCUT2D eigenvalue weighted by molar-refractivity contribution is 5.72. The molecule has 0 saturated heterocycles. The van der Waals surface area contributed by atoms with Crippen LogP contribution < -0.4 is 11.5 Å². The van der Waals surface area contributed by atoms with Gasteiger partial charge in [-0.3, -0.25) is 28.8 Å². The number of carbonyl (C=O) groups excluding carboxylic acids is 4. The van der Waals surface area contributed by atoms with Gasteiger partial charge in [0, 0.05) is 19.3 Å².